The number of likely N-dealkylation sites (N-methyl/N-ethyl adjacent to an activating group) is 1. The summed E-state index contributed by atoms with van der Waals surface area (Å²) in [7, 11) is 0.288. The van der Waals surface area contributed by atoms with Crippen molar-refractivity contribution in [2.45, 2.75) is 43.9 Å². The molecule has 0 aromatic heterocycles. The van der Waals surface area contributed by atoms with Crippen molar-refractivity contribution in [2.24, 2.45) is 10.9 Å². The van der Waals surface area contributed by atoms with Crippen LogP contribution >= 0.6 is 0 Å². The SMILES string of the molecule is CN=C(NCCS(=O)(=O)c1ccc(C(C)(C)C)cc1)N(C)CCOCC1CC1. The van der Waals surface area contributed by atoms with Gasteiger partial charge in [0.15, 0.2) is 15.8 Å². The summed E-state index contributed by atoms with van der Waals surface area (Å²) in [5.41, 5.74) is 1.12. The van der Waals surface area contributed by atoms with Crippen molar-refractivity contribution in [3.63, 3.8) is 0 Å². The number of sulfone groups is 1. The lowest BCUT2D eigenvalue weighted by atomic mass is 9.87. The van der Waals surface area contributed by atoms with Crippen molar-refractivity contribution in [1.29, 1.82) is 0 Å². The fourth-order valence-electron chi connectivity index (χ4n) is 2.80. The van der Waals surface area contributed by atoms with Gasteiger partial charge in [0.2, 0.25) is 0 Å². The van der Waals surface area contributed by atoms with Crippen LogP contribution in [-0.4, -0.2) is 65.4 Å². The molecule has 1 N–H and O–H groups in total. The zero-order chi connectivity index (χ0) is 20.8. The number of nitrogens with one attached hydrogen (secondary N) is 1. The molecule has 0 saturated heterocycles. The summed E-state index contributed by atoms with van der Waals surface area (Å²) in [6.07, 6.45) is 2.57. The second kappa shape index (κ2) is 9.74. The van der Waals surface area contributed by atoms with Gasteiger partial charge in [-0.15, -0.1) is 0 Å². The third-order valence-electron chi connectivity index (χ3n) is 4.93. The molecule has 1 aromatic carbocycles. The standard InChI is InChI=1S/C21H35N3O3S/c1-21(2,3)18-8-10-19(11-9-18)28(25,26)15-12-23-20(22-4)24(5)13-14-27-16-17-6-7-17/h8-11,17H,6-7,12-16H2,1-5H3,(H,22,23). The molecule has 0 atom stereocenters. The summed E-state index contributed by atoms with van der Waals surface area (Å²) < 4.78 is 30.9. The molecule has 0 radical (unpaired) electrons. The minimum absolute atomic E-state index is 0.00327. The van der Waals surface area contributed by atoms with E-state index in [1.165, 1.54) is 12.8 Å². The van der Waals surface area contributed by atoms with E-state index in [1.54, 1.807) is 19.2 Å². The zero-order valence-corrected chi connectivity index (χ0v) is 18.7. The van der Waals surface area contributed by atoms with Gasteiger partial charge in [0.1, 0.15) is 0 Å². The average molecular weight is 410 g/mol. The van der Waals surface area contributed by atoms with Crippen molar-refractivity contribution < 1.29 is 13.2 Å². The topological polar surface area (TPSA) is 71.0 Å². The highest BCUT2D eigenvalue weighted by Gasteiger charge is 2.21. The second-order valence-electron chi connectivity index (χ2n) is 8.51. The fourth-order valence-corrected chi connectivity index (χ4v) is 3.96. The largest absolute Gasteiger partial charge is 0.379 e. The van der Waals surface area contributed by atoms with E-state index in [1.807, 2.05) is 24.1 Å². The van der Waals surface area contributed by atoms with Crippen LogP contribution in [0.1, 0.15) is 39.2 Å². The van der Waals surface area contributed by atoms with Crippen LogP contribution in [0.4, 0.5) is 0 Å². The third kappa shape index (κ3) is 7.09. The molecule has 1 aliphatic rings. The van der Waals surface area contributed by atoms with E-state index in [4.69, 9.17) is 4.74 Å². The highest BCUT2D eigenvalue weighted by Crippen LogP contribution is 2.28. The summed E-state index contributed by atoms with van der Waals surface area (Å²) in [5, 5.41) is 3.13. The molecule has 1 saturated carbocycles. The number of hydrogen-bond donors (Lipinski definition) is 1. The molecule has 0 heterocycles. The molecule has 1 aliphatic carbocycles. The Morgan fingerprint density at radius 2 is 1.89 bits per heavy atom. The molecule has 6 nitrogen and oxygen atoms in total. The van der Waals surface area contributed by atoms with Gasteiger partial charge in [-0.3, -0.25) is 4.99 Å². The van der Waals surface area contributed by atoms with Crippen molar-refractivity contribution in [3.05, 3.63) is 29.8 Å². The van der Waals surface area contributed by atoms with Crippen LogP contribution in [0.15, 0.2) is 34.2 Å². The number of guanidine groups is 1. The van der Waals surface area contributed by atoms with E-state index < -0.39 is 9.84 Å². The first-order valence-corrected chi connectivity index (χ1v) is 11.6. The quantitative estimate of drug-likeness (QED) is 0.386. The Hall–Kier alpha value is -1.60. The van der Waals surface area contributed by atoms with Gasteiger partial charge >= 0.3 is 0 Å². The number of nitrogens with zero attached hydrogens (tertiary/aromatic N) is 2. The van der Waals surface area contributed by atoms with Gasteiger partial charge in [-0.25, -0.2) is 8.42 Å². The molecular formula is C21H35N3O3S. The van der Waals surface area contributed by atoms with Crippen molar-refractivity contribution in [2.75, 3.05) is 46.2 Å². The van der Waals surface area contributed by atoms with Gasteiger partial charge < -0.3 is 15.0 Å². The Labute approximate surface area is 170 Å². The molecule has 28 heavy (non-hydrogen) atoms. The summed E-state index contributed by atoms with van der Waals surface area (Å²) in [4.78, 5) is 6.54. The van der Waals surface area contributed by atoms with Gasteiger partial charge in [-0.1, -0.05) is 32.9 Å². The Kier molecular flexibility index (Phi) is 7.89. The Morgan fingerprint density at radius 3 is 2.43 bits per heavy atom. The molecule has 0 spiro atoms. The maximum absolute atomic E-state index is 12.6. The van der Waals surface area contributed by atoms with Crippen LogP contribution < -0.4 is 5.32 Å². The Bertz CT molecular complexity index is 748. The van der Waals surface area contributed by atoms with E-state index >= 15 is 0 Å². The first-order chi connectivity index (χ1) is 13.1. The van der Waals surface area contributed by atoms with Crippen LogP contribution in [0.25, 0.3) is 0 Å². The Balaban J connectivity index is 1.80. The number of hydrogen-bond acceptors (Lipinski definition) is 4. The van der Waals surface area contributed by atoms with Crippen molar-refractivity contribution >= 4 is 15.8 Å². The fraction of sp³-hybridized carbons (Fsp3) is 0.667. The van der Waals surface area contributed by atoms with Gasteiger partial charge in [0.05, 0.1) is 17.3 Å². The van der Waals surface area contributed by atoms with E-state index in [-0.39, 0.29) is 11.2 Å². The lowest BCUT2D eigenvalue weighted by Crippen LogP contribution is -2.42. The van der Waals surface area contributed by atoms with Gasteiger partial charge in [0.25, 0.3) is 0 Å². The average Bonchev–Trinajstić information content (AvgIpc) is 3.46. The summed E-state index contributed by atoms with van der Waals surface area (Å²) in [5.74, 6) is 1.45. The van der Waals surface area contributed by atoms with Gasteiger partial charge in [0, 0.05) is 33.8 Å². The minimum atomic E-state index is -3.34. The molecule has 0 aliphatic heterocycles. The third-order valence-corrected chi connectivity index (χ3v) is 6.66. The van der Waals surface area contributed by atoms with Crippen molar-refractivity contribution in [3.8, 4) is 0 Å². The molecular weight excluding hydrogens is 374 g/mol. The minimum Gasteiger partial charge on any atom is -0.379 e. The second-order valence-corrected chi connectivity index (χ2v) is 10.6. The zero-order valence-electron chi connectivity index (χ0n) is 17.9. The molecule has 0 unspecified atom stereocenters. The van der Waals surface area contributed by atoms with Gasteiger partial charge in [-0.05, 0) is 41.9 Å². The molecule has 0 amide bonds. The number of ether oxygens (including phenoxy) is 1. The monoisotopic (exact) mass is 409 g/mol. The molecule has 0 bridgehead atoms. The summed E-state index contributed by atoms with van der Waals surface area (Å²) in [6, 6.07) is 7.20. The molecule has 7 heteroatoms. The van der Waals surface area contributed by atoms with Crippen LogP contribution in [0.2, 0.25) is 0 Å². The summed E-state index contributed by atoms with van der Waals surface area (Å²) in [6.45, 7) is 8.84. The maximum Gasteiger partial charge on any atom is 0.193 e. The molecule has 1 aromatic rings. The van der Waals surface area contributed by atoms with Crippen molar-refractivity contribution in [1.82, 2.24) is 10.2 Å². The van der Waals surface area contributed by atoms with E-state index in [9.17, 15) is 8.42 Å². The van der Waals surface area contributed by atoms with Crippen LogP contribution in [0.5, 0.6) is 0 Å². The molecule has 158 valence electrons. The molecule has 2 rings (SSSR count). The summed E-state index contributed by atoms with van der Waals surface area (Å²) >= 11 is 0. The Morgan fingerprint density at radius 1 is 1.25 bits per heavy atom. The van der Waals surface area contributed by atoms with Crippen LogP contribution in [0.3, 0.4) is 0 Å². The first kappa shape index (κ1) is 22.7. The lowest BCUT2D eigenvalue weighted by molar-refractivity contribution is 0.115. The normalized spacial score (nSPS) is 15.5. The highest BCUT2D eigenvalue weighted by molar-refractivity contribution is 7.91. The predicted molar refractivity (Wildman–Crippen MR) is 115 cm³/mol. The maximum atomic E-state index is 12.6. The number of aliphatic imine (C=N–C) groups is 1. The highest BCUT2D eigenvalue weighted by atomic mass is 32.2. The van der Waals surface area contributed by atoms with Crippen LogP contribution in [0, 0.1) is 5.92 Å². The first-order valence-electron chi connectivity index (χ1n) is 9.96. The molecule has 1 fully saturated rings. The predicted octanol–water partition coefficient (Wildman–Crippen LogP) is 2.69. The van der Waals surface area contributed by atoms with E-state index in [0.717, 1.165) is 18.1 Å². The number of benzene rings is 1. The smallest absolute Gasteiger partial charge is 0.193 e. The van der Waals surface area contributed by atoms with E-state index in [2.05, 4.69) is 31.1 Å². The van der Waals surface area contributed by atoms with E-state index in [0.29, 0.717) is 30.6 Å². The van der Waals surface area contributed by atoms with Crippen LogP contribution in [-0.2, 0) is 20.0 Å². The lowest BCUT2D eigenvalue weighted by Gasteiger charge is -2.22. The number of rotatable bonds is 9. The van der Waals surface area contributed by atoms with Gasteiger partial charge in [-0.2, -0.15) is 0 Å².